The molecule has 5 nitrogen and oxygen atoms in total. The highest BCUT2D eigenvalue weighted by molar-refractivity contribution is 5.89. The Morgan fingerprint density at radius 2 is 1.70 bits per heavy atom. The predicted octanol–water partition coefficient (Wildman–Crippen LogP) is 3.24. The van der Waals surface area contributed by atoms with E-state index in [9.17, 15) is 4.79 Å². The van der Waals surface area contributed by atoms with E-state index in [1.807, 2.05) is 19.1 Å². The Bertz CT molecular complexity index is 745. The van der Waals surface area contributed by atoms with E-state index < -0.39 is 5.97 Å². The van der Waals surface area contributed by atoms with Gasteiger partial charge in [-0.2, -0.15) is 5.26 Å². The van der Waals surface area contributed by atoms with Crippen LogP contribution in [-0.2, 0) is 11.3 Å². The van der Waals surface area contributed by atoms with Crippen LogP contribution in [0.15, 0.2) is 36.4 Å². The van der Waals surface area contributed by atoms with E-state index in [1.54, 1.807) is 44.6 Å². The number of carbonyl (C=O) groups is 1. The highest BCUT2D eigenvalue weighted by Crippen LogP contribution is 2.30. The van der Waals surface area contributed by atoms with Crippen LogP contribution in [0.5, 0.6) is 11.5 Å². The molecule has 2 aromatic carbocycles. The molecule has 0 unspecified atom stereocenters. The number of carbonyl (C=O) groups excluding carboxylic acids is 1. The van der Waals surface area contributed by atoms with Gasteiger partial charge in [-0.05, 0) is 54.4 Å². The molecule has 0 radical (unpaired) electrons. The van der Waals surface area contributed by atoms with Gasteiger partial charge in [0.05, 0.1) is 31.4 Å². The lowest BCUT2D eigenvalue weighted by atomic mass is 10.1. The summed E-state index contributed by atoms with van der Waals surface area (Å²) in [6.45, 7) is 2.04. The summed E-state index contributed by atoms with van der Waals surface area (Å²) in [5.74, 6) is 0.776. The summed E-state index contributed by atoms with van der Waals surface area (Å²) in [6.07, 6.45) is 0. The van der Waals surface area contributed by atoms with Crippen molar-refractivity contribution in [2.75, 3.05) is 14.2 Å². The van der Waals surface area contributed by atoms with E-state index in [0.29, 0.717) is 22.6 Å². The zero-order valence-electron chi connectivity index (χ0n) is 13.3. The minimum atomic E-state index is -0.441. The molecular weight excluding hydrogens is 294 g/mol. The highest BCUT2D eigenvalue weighted by Gasteiger charge is 2.12. The number of nitrogens with zero attached hydrogens (tertiary/aromatic N) is 1. The second kappa shape index (κ2) is 7.32. The van der Waals surface area contributed by atoms with Gasteiger partial charge in [0.15, 0.2) is 11.5 Å². The quantitative estimate of drug-likeness (QED) is 0.793. The average molecular weight is 311 g/mol. The van der Waals surface area contributed by atoms with Crippen molar-refractivity contribution >= 4 is 5.97 Å². The maximum atomic E-state index is 12.0. The third-order valence-electron chi connectivity index (χ3n) is 3.45. The number of ether oxygens (including phenoxy) is 3. The average Bonchev–Trinajstić information content (AvgIpc) is 2.60. The van der Waals surface area contributed by atoms with Gasteiger partial charge in [-0.3, -0.25) is 0 Å². The maximum Gasteiger partial charge on any atom is 0.338 e. The second-order valence-electron chi connectivity index (χ2n) is 4.90. The molecular formula is C18H17NO4. The molecule has 23 heavy (non-hydrogen) atoms. The first-order valence-corrected chi connectivity index (χ1v) is 6.97. The Hall–Kier alpha value is -3.00. The highest BCUT2D eigenvalue weighted by atomic mass is 16.5. The van der Waals surface area contributed by atoms with Crippen LogP contribution < -0.4 is 9.47 Å². The normalized spacial score (nSPS) is 9.83. The van der Waals surface area contributed by atoms with Crippen LogP contribution >= 0.6 is 0 Å². The van der Waals surface area contributed by atoms with Gasteiger partial charge in [-0.1, -0.05) is 0 Å². The molecule has 0 spiro atoms. The lowest BCUT2D eigenvalue weighted by Crippen LogP contribution is -2.06. The van der Waals surface area contributed by atoms with Gasteiger partial charge in [0.25, 0.3) is 0 Å². The van der Waals surface area contributed by atoms with Crippen LogP contribution in [0.3, 0.4) is 0 Å². The summed E-state index contributed by atoms with van der Waals surface area (Å²) >= 11 is 0. The molecule has 0 bridgehead atoms. The van der Waals surface area contributed by atoms with E-state index >= 15 is 0 Å². The molecule has 0 saturated heterocycles. The number of hydrogen-bond acceptors (Lipinski definition) is 5. The molecule has 0 aliphatic heterocycles. The number of benzene rings is 2. The zero-order valence-corrected chi connectivity index (χ0v) is 13.3. The summed E-state index contributed by atoms with van der Waals surface area (Å²) < 4.78 is 15.8. The van der Waals surface area contributed by atoms with Crippen molar-refractivity contribution in [3.8, 4) is 17.6 Å². The van der Waals surface area contributed by atoms with Crippen molar-refractivity contribution in [3.05, 3.63) is 58.7 Å². The molecule has 118 valence electrons. The van der Waals surface area contributed by atoms with Crippen molar-refractivity contribution in [1.29, 1.82) is 5.26 Å². The predicted molar refractivity (Wildman–Crippen MR) is 84.6 cm³/mol. The van der Waals surface area contributed by atoms with Crippen LogP contribution in [0.4, 0.5) is 0 Å². The van der Waals surface area contributed by atoms with E-state index in [4.69, 9.17) is 19.5 Å². The van der Waals surface area contributed by atoms with Crippen LogP contribution in [-0.4, -0.2) is 20.2 Å². The fourth-order valence-electron chi connectivity index (χ4n) is 2.09. The molecule has 5 heteroatoms. The standard InChI is InChI=1S/C18H17NO4/c1-12-8-16(21-2)17(22-3)9-15(12)11-23-18(20)14-6-4-13(10-19)5-7-14/h4-9H,11H2,1-3H3. The fourth-order valence-corrected chi connectivity index (χ4v) is 2.09. The molecule has 2 aromatic rings. The Morgan fingerprint density at radius 1 is 1.09 bits per heavy atom. The molecule has 2 rings (SSSR count). The molecule has 0 N–H and O–H groups in total. The van der Waals surface area contributed by atoms with Gasteiger partial charge in [0.1, 0.15) is 6.61 Å². The summed E-state index contributed by atoms with van der Waals surface area (Å²) in [5.41, 5.74) is 2.68. The van der Waals surface area contributed by atoms with Crippen molar-refractivity contribution in [2.45, 2.75) is 13.5 Å². The monoisotopic (exact) mass is 311 g/mol. The first-order chi connectivity index (χ1) is 11.1. The van der Waals surface area contributed by atoms with Gasteiger partial charge < -0.3 is 14.2 Å². The number of hydrogen-bond donors (Lipinski definition) is 0. The van der Waals surface area contributed by atoms with Crippen molar-refractivity contribution in [2.24, 2.45) is 0 Å². The van der Waals surface area contributed by atoms with E-state index in [0.717, 1.165) is 11.1 Å². The van der Waals surface area contributed by atoms with E-state index in [1.165, 1.54) is 0 Å². The largest absolute Gasteiger partial charge is 0.493 e. The lowest BCUT2D eigenvalue weighted by Gasteiger charge is -2.13. The van der Waals surface area contributed by atoms with Crippen molar-refractivity contribution in [3.63, 3.8) is 0 Å². The first-order valence-electron chi connectivity index (χ1n) is 6.97. The van der Waals surface area contributed by atoms with Gasteiger partial charge >= 0.3 is 5.97 Å². The van der Waals surface area contributed by atoms with Crippen LogP contribution in [0, 0.1) is 18.3 Å². The smallest absolute Gasteiger partial charge is 0.338 e. The second-order valence-corrected chi connectivity index (χ2v) is 4.90. The molecule has 0 saturated carbocycles. The van der Waals surface area contributed by atoms with Gasteiger partial charge in [0.2, 0.25) is 0 Å². The Morgan fingerprint density at radius 3 is 2.26 bits per heavy atom. The Kier molecular flexibility index (Phi) is 5.21. The molecule has 0 fully saturated rings. The number of nitriles is 1. The SMILES string of the molecule is COc1cc(C)c(COC(=O)c2ccc(C#N)cc2)cc1OC. The minimum absolute atomic E-state index is 0.130. The summed E-state index contributed by atoms with van der Waals surface area (Å²) in [4.78, 5) is 12.0. The van der Waals surface area contributed by atoms with Crippen LogP contribution in [0.2, 0.25) is 0 Å². The summed E-state index contributed by atoms with van der Waals surface area (Å²) in [6, 6.07) is 11.9. The fraction of sp³-hybridized carbons (Fsp3) is 0.222. The van der Waals surface area contributed by atoms with Crippen molar-refractivity contribution < 1.29 is 19.0 Å². The number of aryl methyl sites for hydroxylation is 1. The zero-order chi connectivity index (χ0) is 16.8. The van der Waals surface area contributed by atoms with Crippen LogP contribution in [0.25, 0.3) is 0 Å². The maximum absolute atomic E-state index is 12.0. The molecule has 0 heterocycles. The minimum Gasteiger partial charge on any atom is -0.493 e. The number of esters is 1. The molecule has 0 aromatic heterocycles. The van der Waals surface area contributed by atoms with Crippen LogP contribution in [0.1, 0.15) is 27.0 Å². The molecule has 0 atom stereocenters. The van der Waals surface area contributed by atoms with E-state index in [2.05, 4.69) is 0 Å². The molecule has 0 aliphatic rings. The number of methoxy groups -OCH3 is 2. The third-order valence-corrected chi connectivity index (χ3v) is 3.45. The Balaban J connectivity index is 2.10. The lowest BCUT2D eigenvalue weighted by molar-refractivity contribution is 0.0472. The Labute approximate surface area is 135 Å². The van der Waals surface area contributed by atoms with Gasteiger partial charge in [-0.15, -0.1) is 0 Å². The topological polar surface area (TPSA) is 68.5 Å². The summed E-state index contributed by atoms with van der Waals surface area (Å²) in [7, 11) is 3.13. The van der Waals surface area contributed by atoms with Gasteiger partial charge in [-0.25, -0.2) is 4.79 Å². The molecule has 0 aliphatic carbocycles. The van der Waals surface area contributed by atoms with E-state index in [-0.39, 0.29) is 6.61 Å². The summed E-state index contributed by atoms with van der Waals surface area (Å²) in [5, 5.41) is 8.75. The number of rotatable bonds is 5. The van der Waals surface area contributed by atoms with Crippen molar-refractivity contribution in [1.82, 2.24) is 0 Å². The third kappa shape index (κ3) is 3.80. The van der Waals surface area contributed by atoms with Gasteiger partial charge in [0, 0.05) is 0 Å². The molecule has 0 amide bonds. The first kappa shape index (κ1) is 16.4.